The maximum atomic E-state index is 13.8. The molecule has 1 rings (SSSR count). The zero-order valence-electron chi connectivity index (χ0n) is 11.3. The van der Waals surface area contributed by atoms with Gasteiger partial charge in [0.25, 0.3) is 0 Å². The molecule has 1 N–H and O–H groups in total. The van der Waals surface area contributed by atoms with Crippen LogP contribution in [-0.2, 0) is 0 Å². The predicted molar refractivity (Wildman–Crippen MR) is 75.4 cm³/mol. The number of hydrogen-bond donors (Lipinski definition) is 1. The third-order valence-electron chi connectivity index (χ3n) is 2.89. The first kappa shape index (κ1) is 17.3. The van der Waals surface area contributed by atoms with Crippen molar-refractivity contribution in [2.75, 3.05) is 18.8 Å². The van der Waals surface area contributed by atoms with Crippen molar-refractivity contribution in [3.8, 4) is 0 Å². The van der Waals surface area contributed by atoms with E-state index in [1.54, 1.807) is 18.2 Å². The Balaban J connectivity index is 2.63. The molecular formula is C14H19F4NS. The normalized spacial score (nSPS) is 13.4. The minimum atomic E-state index is -4.23. The molecule has 1 atom stereocenters. The number of benzene rings is 1. The molecule has 0 aliphatic rings. The van der Waals surface area contributed by atoms with Crippen LogP contribution in [0.15, 0.2) is 24.3 Å². The topological polar surface area (TPSA) is 12.0 Å². The number of rotatable bonds is 8. The maximum Gasteiger partial charge on any atom is 0.441 e. The predicted octanol–water partition coefficient (Wildman–Crippen LogP) is 4.55. The van der Waals surface area contributed by atoms with Gasteiger partial charge in [0.15, 0.2) is 0 Å². The van der Waals surface area contributed by atoms with Gasteiger partial charge in [-0.05, 0) is 31.0 Å². The molecule has 0 amide bonds. The average Bonchev–Trinajstić information content (AvgIpc) is 2.37. The fourth-order valence-electron chi connectivity index (χ4n) is 1.94. The molecule has 1 unspecified atom stereocenters. The van der Waals surface area contributed by atoms with E-state index in [1.807, 2.05) is 6.92 Å². The molecule has 0 saturated carbocycles. The second kappa shape index (κ2) is 8.52. The van der Waals surface area contributed by atoms with Gasteiger partial charge in [-0.2, -0.15) is 13.2 Å². The maximum absolute atomic E-state index is 13.8. The highest BCUT2D eigenvalue weighted by molar-refractivity contribution is 8.00. The summed E-state index contributed by atoms with van der Waals surface area (Å²) >= 11 is -0.0486. The Morgan fingerprint density at radius 2 is 1.95 bits per heavy atom. The summed E-state index contributed by atoms with van der Waals surface area (Å²) in [6.45, 7) is 3.27. The summed E-state index contributed by atoms with van der Waals surface area (Å²) in [5.41, 5.74) is -3.74. The lowest BCUT2D eigenvalue weighted by Gasteiger charge is -2.19. The van der Waals surface area contributed by atoms with E-state index in [9.17, 15) is 17.6 Å². The van der Waals surface area contributed by atoms with Crippen LogP contribution in [0, 0.1) is 5.82 Å². The Bertz CT molecular complexity index is 395. The minimum Gasteiger partial charge on any atom is -0.316 e. The van der Waals surface area contributed by atoms with E-state index in [0.29, 0.717) is 18.5 Å². The van der Waals surface area contributed by atoms with Crippen LogP contribution >= 0.6 is 11.8 Å². The zero-order chi connectivity index (χ0) is 15.0. The molecule has 0 bridgehead atoms. The Hall–Kier alpha value is -0.750. The van der Waals surface area contributed by atoms with Crippen LogP contribution in [0.5, 0.6) is 0 Å². The number of hydrogen-bond acceptors (Lipinski definition) is 2. The minimum absolute atomic E-state index is 0.0486. The second-order valence-electron chi connectivity index (χ2n) is 4.51. The zero-order valence-corrected chi connectivity index (χ0v) is 12.2. The number of thioether (sulfide) groups is 1. The smallest absolute Gasteiger partial charge is 0.316 e. The van der Waals surface area contributed by atoms with E-state index in [1.165, 1.54) is 6.07 Å². The molecule has 0 saturated heterocycles. The Labute approximate surface area is 121 Å². The average molecular weight is 309 g/mol. The van der Waals surface area contributed by atoms with Crippen LogP contribution in [-0.4, -0.2) is 24.4 Å². The Morgan fingerprint density at radius 3 is 2.55 bits per heavy atom. The molecule has 0 heterocycles. The van der Waals surface area contributed by atoms with Gasteiger partial charge >= 0.3 is 5.51 Å². The van der Waals surface area contributed by atoms with E-state index >= 15 is 0 Å². The van der Waals surface area contributed by atoms with Crippen LogP contribution in [0.3, 0.4) is 0 Å². The largest absolute Gasteiger partial charge is 0.441 e. The van der Waals surface area contributed by atoms with Crippen molar-refractivity contribution >= 4 is 11.8 Å². The summed E-state index contributed by atoms with van der Waals surface area (Å²) in [6, 6.07) is 6.28. The first-order chi connectivity index (χ1) is 9.44. The number of alkyl halides is 3. The van der Waals surface area contributed by atoms with E-state index in [-0.39, 0.29) is 29.2 Å². The lowest BCUT2D eigenvalue weighted by molar-refractivity contribution is -0.0328. The fourth-order valence-corrected chi connectivity index (χ4v) is 2.58. The molecule has 0 radical (unpaired) electrons. The fraction of sp³-hybridized carbons (Fsp3) is 0.571. The number of nitrogens with one attached hydrogen (secondary N) is 1. The molecule has 0 fully saturated rings. The summed E-state index contributed by atoms with van der Waals surface area (Å²) < 4.78 is 50.3. The summed E-state index contributed by atoms with van der Waals surface area (Å²) in [6.07, 6.45) is 1.23. The summed E-state index contributed by atoms with van der Waals surface area (Å²) in [5.74, 6) is -0.651. The van der Waals surface area contributed by atoms with Crippen molar-refractivity contribution in [1.29, 1.82) is 0 Å². The Kier molecular flexibility index (Phi) is 7.37. The van der Waals surface area contributed by atoms with Gasteiger partial charge in [0, 0.05) is 18.2 Å². The van der Waals surface area contributed by atoms with E-state index < -0.39 is 5.51 Å². The molecule has 6 heteroatoms. The van der Waals surface area contributed by atoms with Gasteiger partial charge in [-0.15, -0.1) is 0 Å². The molecule has 1 aromatic carbocycles. The van der Waals surface area contributed by atoms with Crippen LogP contribution in [0.1, 0.15) is 31.2 Å². The molecule has 1 nitrogen and oxygen atoms in total. The van der Waals surface area contributed by atoms with Gasteiger partial charge in [-0.1, -0.05) is 36.9 Å². The molecular weight excluding hydrogens is 290 g/mol. The SMILES string of the molecule is CCCNCC(CCSC(F)(F)F)c1ccccc1F. The van der Waals surface area contributed by atoms with Crippen molar-refractivity contribution in [2.45, 2.75) is 31.2 Å². The van der Waals surface area contributed by atoms with Crippen molar-refractivity contribution in [3.05, 3.63) is 35.6 Å². The van der Waals surface area contributed by atoms with Crippen molar-refractivity contribution < 1.29 is 17.6 Å². The molecule has 0 aliphatic heterocycles. The van der Waals surface area contributed by atoms with Crippen LogP contribution in [0.25, 0.3) is 0 Å². The monoisotopic (exact) mass is 309 g/mol. The van der Waals surface area contributed by atoms with Gasteiger partial charge in [0.05, 0.1) is 0 Å². The molecule has 114 valence electrons. The van der Waals surface area contributed by atoms with Gasteiger partial charge < -0.3 is 5.32 Å². The molecule has 0 spiro atoms. The highest BCUT2D eigenvalue weighted by Gasteiger charge is 2.28. The summed E-state index contributed by atoms with van der Waals surface area (Å²) in [7, 11) is 0. The molecule has 1 aromatic rings. The third-order valence-corrected chi connectivity index (χ3v) is 3.66. The van der Waals surface area contributed by atoms with Crippen molar-refractivity contribution in [1.82, 2.24) is 5.32 Å². The van der Waals surface area contributed by atoms with Crippen LogP contribution in [0.4, 0.5) is 17.6 Å². The van der Waals surface area contributed by atoms with Crippen LogP contribution < -0.4 is 5.32 Å². The van der Waals surface area contributed by atoms with E-state index in [4.69, 9.17) is 0 Å². The third kappa shape index (κ3) is 6.61. The lowest BCUT2D eigenvalue weighted by Crippen LogP contribution is -2.23. The molecule has 20 heavy (non-hydrogen) atoms. The first-order valence-corrected chi connectivity index (χ1v) is 7.58. The van der Waals surface area contributed by atoms with Crippen molar-refractivity contribution in [3.63, 3.8) is 0 Å². The van der Waals surface area contributed by atoms with Crippen molar-refractivity contribution in [2.24, 2.45) is 0 Å². The Morgan fingerprint density at radius 1 is 1.25 bits per heavy atom. The number of halogens is 4. The quantitative estimate of drug-likeness (QED) is 0.558. The van der Waals surface area contributed by atoms with Gasteiger partial charge in [0.2, 0.25) is 0 Å². The van der Waals surface area contributed by atoms with Gasteiger partial charge in [-0.25, -0.2) is 4.39 Å². The van der Waals surface area contributed by atoms with E-state index in [0.717, 1.165) is 13.0 Å². The second-order valence-corrected chi connectivity index (χ2v) is 5.67. The molecule has 0 aliphatic carbocycles. The van der Waals surface area contributed by atoms with Crippen LogP contribution in [0.2, 0.25) is 0 Å². The highest BCUT2D eigenvalue weighted by atomic mass is 32.2. The molecule has 0 aromatic heterocycles. The van der Waals surface area contributed by atoms with Gasteiger partial charge in [0.1, 0.15) is 5.82 Å². The van der Waals surface area contributed by atoms with Gasteiger partial charge in [-0.3, -0.25) is 0 Å². The first-order valence-electron chi connectivity index (χ1n) is 6.60. The summed E-state index contributed by atoms with van der Waals surface area (Å²) in [4.78, 5) is 0. The highest BCUT2D eigenvalue weighted by Crippen LogP contribution is 2.33. The lowest BCUT2D eigenvalue weighted by atomic mass is 9.96. The van der Waals surface area contributed by atoms with E-state index in [2.05, 4.69) is 5.32 Å². The summed E-state index contributed by atoms with van der Waals surface area (Å²) in [5, 5.41) is 3.15. The standard InChI is InChI=1S/C14H19F4NS/c1-2-8-19-10-11(7-9-20-14(16,17)18)12-5-3-4-6-13(12)15/h3-6,11,19H,2,7-10H2,1H3.